The van der Waals surface area contributed by atoms with Gasteiger partial charge in [0.25, 0.3) is 0 Å². The van der Waals surface area contributed by atoms with E-state index in [1.165, 1.54) is 0 Å². The standard InChI is InChI=1S/C22H31N7O/c1-17(2)26-22(30)27-19-9-7-18(8-10-19)16-25-21(23-3)29-14-12-28(13-15-29)20-6-4-5-11-24-20/h4-11,17H,12-16H2,1-3H3,(H,23,25)(H2,26,27,30). The van der Waals surface area contributed by atoms with Crippen molar-refractivity contribution in [3.63, 3.8) is 0 Å². The zero-order chi connectivity index (χ0) is 21.3. The lowest BCUT2D eigenvalue weighted by atomic mass is 10.2. The minimum atomic E-state index is -0.193. The summed E-state index contributed by atoms with van der Waals surface area (Å²) in [5.41, 5.74) is 1.89. The Hall–Kier alpha value is -3.29. The highest BCUT2D eigenvalue weighted by atomic mass is 16.2. The number of nitrogens with one attached hydrogen (secondary N) is 3. The first-order chi connectivity index (χ1) is 14.5. The number of pyridine rings is 1. The maximum atomic E-state index is 11.8. The number of nitrogens with zero attached hydrogens (tertiary/aromatic N) is 4. The number of piperazine rings is 1. The van der Waals surface area contributed by atoms with E-state index in [0.29, 0.717) is 6.54 Å². The lowest BCUT2D eigenvalue weighted by Crippen LogP contribution is -2.52. The van der Waals surface area contributed by atoms with Gasteiger partial charge in [0.15, 0.2) is 5.96 Å². The lowest BCUT2D eigenvalue weighted by molar-refractivity contribution is 0.250. The van der Waals surface area contributed by atoms with Crippen LogP contribution in [0.5, 0.6) is 0 Å². The van der Waals surface area contributed by atoms with Gasteiger partial charge >= 0.3 is 6.03 Å². The van der Waals surface area contributed by atoms with Crippen molar-refractivity contribution < 1.29 is 4.79 Å². The molecule has 0 saturated carbocycles. The molecule has 30 heavy (non-hydrogen) atoms. The Morgan fingerprint density at radius 1 is 1.10 bits per heavy atom. The van der Waals surface area contributed by atoms with Gasteiger partial charge < -0.3 is 25.8 Å². The van der Waals surface area contributed by atoms with E-state index in [1.807, 2.05) is 69.6 Å². The zero-order valence-corrected chi connectivity index (χ0v) is 17.9. The van der Waals surface area contributed by atoms with Gasteiger partial charge in [0.1, 0.15) is 5.82 Å². The van der Waals surface area contributed by atoms with Crippen molar-refractivity contribution in [3.05, 3.63) is 54.2 Å². The summed E-state index contributed by atoms with van der Waals surface area (Å²) >= 11 is 0. The van der Waals surface area contributed by atoms with E-state index in [1.54, 1.807) is 0 Å². The fourth-order valence-electron chi connectivity index (χ4n) is 3.34. The molecule has 0 aliphatic carbocycles. The molecule has 0 bridgehead atoms. The van der Waals surface area contributed by atoms with Crippen LogP contribution in [-0.4, -0.2) is 61.1 Å². The van der Waals surface area contributed by atoms with Crippen LogP contribution in [0.2, 0.25) is 0 Å². The van der Waals surface area contributed by atoms with Crippen LogP contribution in [0, 0.1) is 0 Å². The highest BCUT2D eigenvalue weighted by Gasteiger charge is 2.20. The van der Waals surface area contributed by atoms with Crippen molar-refractivity contribution in [1.29, 1.82) is 0 Å². The number of hydrogen-bond donors (Lipinski definition) is 3. The first kappa shape index (κ1) is 21.4. The normalized spacial score (nSPS) is 14.6. The van der Waals surface area contributed by atoms with Crippen LogP contribution in [-0.2, 0) is 6.54 Å². The fraction of sp³-hybridized carbons (Fsp3) is 0.409. The molecule has 0 unspecified atom stereocenters. The summed E-state index contributed by atoms with van der Waals surface area (Å²) in [4.78, 5) is 25.2. The largest absolute Gasteiger partial charge is 0.353 e. The number of anilines is 2. The van der Waals surface area contributed by atoms with Crippen molar-refractivity contribution in [3.8, 4) is 0 Å². The highest BCUT2D eigenvalue weighted by molar-refractivity contribution is 5.89. The minimum Gasteiger partial charge on any atom is -0.353 e. The van der Waals surface area contributed by atoms with Gasteiger partial charge in [-0.2, -0.15) is 0 Å². The zero-order valence-electron chi connectivity index (χ0n) is 17.9. The van der Waals surface area contributed by atoms with Gasteiger partial charge in [0, 0.05) is 57.7 Å². The smallest absolute Gasteiger partial charge is 0.319 e. The molecule has 3 rings (SSSR count). The number of benzene rings is 1. The van der Waals surface area contributed by atoms with Gasteiger partial charge in [0.2, 0.25) is 0 Å². The number of aromatic nitrogens is 1. The second kappa shape index (κ2) is 10.5. The van der Waals surface area contributed by atoms with E-state index >= 15 is 0 Å². The van der Waals surface area contributed by atoms with Crippen LogP contribution in [0.3, 0.4) is 0 Å². The summed E-state index contributed by atoms with van der Waals surface area (Å²) in [5, 5.41) is 9.08. The van der Waals surface area contributed by atoms with E-state index in [9.17, 15) is 4.79 Å². The molecule has 2 heterocycles. The van der Waals surface area contributed by atoms with Crippen molar-refractivity contribution in [2.24, 2.45) is 4.99 Å². The molecule has 0 atom stereocenters. The quantitative estimate of drug-likeness (QED) is 0.522. The molecule has 8 heteroatoms. The number of rotatable bonds is 5. The summed E-state index contributed by atoms with van der Waals surface area (Å²) in [6.07, 6.45) is 1.83. The predicted molar refractivity (Wildman–Crippen MR) is 122 cm³/mol. The Morgan fingerprint density at radius 2 is 1.83 bits per heavy atom. The number of carbonyl (C=O) groups excluding carboxylic acids is 1. The molecule has 1 aliphatic heterocycles. The van der Waals surface area contributed by atoms with Crippen molar-refractivity contribution in [2.75, 3.05) is 43.4 Å². The molecule has 3 N–H and O–H groups in total. The summed E-state index contributed by atoms with van der Waals surface area (Å²) < 4.78 is 0. The van der Waals surface area contributed by atoms with Gasteiger partial charge in [0.05, 0.1) is 0 Å². The number of urea groups is 1. The molecule has 1 fully saturated rings. The fourth-order valence-corrected chi connectivity index (χ4v) is 3.34. The number of amides is 2. The van der Waals surface area contributed by atoms with E-state index < -0.39 is 0 Å². The third-order valence-corrected chi connectivity index (χ3v) is 4.85. The van der Waals surface area contributed by atoms with Gasteiger partial charge in [-0.1, -0.05) is 18.2 Å². The van der Waals surface area contributed by atoms with E-state index in [-0.39, 0.29) is 12.1 Å². The summed E-state index contributed by atoms with van der Waals surface area (Å²) in [6.45, 7) is 8.14. The van der Waals surface area contributed by atoms with E-state index in [2.05, 4.69) is 35.7 Å². The van der Waals surface area contributed by atoms with Crippen LogP contribution in [0.25, 0.3) is 0 Å². The van der Waals surface area contributed by atoms with Crippen molar-refractivity contribution in [1.82, 2.24) is 20.5 Å². The number of aliphatic imine (C=N–C) groups is 1. The molecule has 0 radical (unpaired) electrons. The lowest BCUT2D eigenvalue weighted by Gasteiger charge is -2.37. The van der Waals surface area contributed by atoms with Gasteiger partial charge in [-0.05, 0) is 43.7 Å². The maximum absolute atomic E-state index is 11.8. The average Bonchev–Trinajstić information content (AvgIpc) is 2.76. The molecule has 1 aromatic carbocycles. The first-order valence-electron chi connectivity index (χ1n) is 10.3. The molecule has 2 aromatic rings. The molecule has 2 amide bonds. The Balaban J connectivity index is 1.47. The minimum absolute atomic E-state index is 0.103. The SMILES string of the molecule is CN=C(NCc1ccc(NC(=O)NC(C)C)cc1)N1CCN(c2ccccn2)CC1. The first-order valence-corrected chi connectivity index (χ1v) is 10.3. The Bertz CT molecular complexity index is 828. The summed E-state index contributed by atoms with van der Waals surface area (Å²) in [5.74, 6) is 1.92. The van der Waals surface area contributed by atoms with Gasteiger partial charge in [-0.15, -0.1) is 0 Å². The Morgan fingerprint density at radius 3 is 2.43 bits per heavy atom. The molecule has 1 aromatic heterocycles. The Kier molecular flexibility index (Phi) is 7.48. The van der Waals surface area contributed by atoms with E-state index in [4.69, 9.17) is 0 Å². The molecule has 160 valence electrons. The monoisotopic (exact) mass is 409 g/mol. The van der Waals surface area contributed by atoms with Crippen LogP contribution in [0.15, 0.2) is 53.7 Å². The second-order valence-corrected chi connectivity index (χ2v) is 7.51. The van der Waals surface area contributed by atoms with E-state index in [0.717, 1.165) is 49.2 Å². The molecular formula is C22H31N7O. The van der Waals surface area contributed by atoms with Crippen molar-refractivity contribution in [2.45, 2.75) is 26.4 Å². The van der Waals surface area contributed by atoms with Crippen LogP contribution < -0.4 is 20.9 Å². The maximum Gasteiger partial charge on any atom is 0.319 e. The molecule has 0 spiro atoms. The van der Waals surface area contributed by atoms with Gasteiger partial charge in [-0.25, -0.2) is 9.78 Å². The number of guanidine groups is 1. The predicted octanol–water partition coefficient (Wildman–Crippen LogP) is 2.51. The number of hydrogen-bond acceptors (Lipinski definition) is 4. The van der Waals surface area contributed by atoms with Crippen LogP contribution in [0.1, 0.15) is 19.4 Å². The summed E-state index contributed by atoms with van der Waals surface area (Å²) in [6, 6.07) is 13.7. The Labute approximate surface area is 178 Å². The summed E-state index contributed by atoms with van der Waals surface area (Å²) in [7, 11) is 1.81. The average molecular weight is 410 g/mol. The van der Waals surface area contributed by atoms with Crippen LogP contribution in [0.4, 0.5) is 16.3 Å². The molecule has 1 aliphatic rings. The third-order valence-electron chi connectivity index (χ3n) is 4.85. The molecular weight excluding hydrogens is 378 g/mol. The molecule has 1 saturated heterocycles. The third kappa shape index (κ3) is 6.10. The highest BCUT2D eigenvalue weighted by Crippen LogP contribution is 2.13. The topological polar surface area (TPSA) is 84.9 Å². The molecule has 8 nitrogen and oxygen atoms in total. The van der Waals surface area contributed by atoms with Gasteiger partial charge in [-0.3, -0.25) is 4.99 Å². The van der Waals surface area contributed by atoms with Crippen molar-refractivity contribution >= 4 is 23.5 Å². The second-order valence-electron chi connectivity index (χ2n) is 7.51. The number of carbonyl (C=O) groups is 1. The van der Waals surface area contributed by atoms with Crippen LogP contribution >= 0.6 is 0 Å².